The highest BCUT2D eigenvalue weighted by Crippen LogP contribution is 2.31. The van der Waals surface area contributed by atoms with Crippen LogP contribution in [0.15, 0.2) is 42.5 Å². The topological polar surface area (TPSA) is 17.1 Å². The number of fused-ring (bicyclic) bond motifs is 3. The summed E-state index contributed by atoms with van der Waals surface area (Å²) in [5.41, 5.74) is 4.05. The molecule has 66 valence electrons. The summed E-state index contributed by atoms with van der Waals surface area (Å²) < 4.78 is 0. The molecule has 0 unspecified atom stereocenters. The van der Waals surface area contributed by atoms with E-state index in [9.17, 15) is 4.79 Å². The first-order valence-electron chi connectivity index (χ1n) is 4.60. The number of hydrogen-bond donors (Lipinski definition) is 0. The molecule has 1 nitrogen and oxygen atoms in total. The molecule has 3 aliphatic carbocycles. The predicted molar refractivity (Wildman–Crippen MR) is 56.4 cm³/mol. The number of carbonyl (C=O) groups is 1. The molecule has 0 aromatic rings. The van der Waals surface area contributed by atoms with E-state index in [0.717, 1.165) is 22.3 Å². The molecule has 14 heavy (non-hydrogen) atoms. The zero-order valence-corrected chi connectivity index (χ0v) is 7.53. The summed E-state index contributed by atoms with van der Waals surface area (Å²) in [5.74, 6) is 0.118. The summed E-state index contributed by atoms with van der Waals surface area (Å²) in [6, 6.07) is 12.0. The summed E-state index contributed by atoms with van der Waals surface area (Å²) >= 11 is 0. The Kier molecular flexibility index (Phi) is 1.37. The van der Waals surface area contributed by atoms with E-state index in [-0.39, 0.29) is 5.78 Å². The Morgan fingerprint density at radius 2 is 1.64 bits per heavy atom. The van der Waals surface area contributed by atoms with Gasteiger partial charge in [-0.2, -0.15) is 0 Å². The van der Waals surface area contributed by atoms with Crippen molar-refractivity contribution < 1.29 is 4.79 Å². The smallest absolute Gasteiger partial charge is 0.187 e. The van der Waals surface area contributed by atoms with Gasteiger partial charge in [0.1, 0.15) is 0 Å². The quantitative estimate of drug-likeness (QED) is 0.609. The zero-order chi connectivity index (χ0) is 9.54. The van der Waals surface area contributed by atoms with Crippen molar-refractivity contribution in [1.82, 2.24) is 0 Å². The lowest BCUT2D eigenvalue weighted by atomic mass is 10.0. The normalized spacial score (nSPS) is 13.6. The van der Waals surface area contributed by atoms with Gasteiger partial charge in [0.15, 0.2) is 5.78 Å². The van der Waals surface area contributed by atoms with E-state index in [1.807, 2.05) is 42.5 Å². The molecular formula is C13H8O. The van der Waals surface area contributed by atoms with Crippen LogP contribution >= 0.6 is 0 Å². The fraction of sp³-hybridized carbons (Fsp3) is 0. The Morgan fingerprint density at radius 1 is 0.857 bits per heavy atom. The van der Waals surface area contributed by atoms with Crippen molar-refractivity contribution in [1.29, 1.82) is 0 Å². The van der Waals surface area contributed by atoms with Gasteiger partial charge in [-0.25, -0.2) is 0 Å². The minimum absolute atomic E-state index is 0.118. The molecule has 0 spiro atoms. The van der Waals surface area contributed by atoms with Crippen LogP contribution in [0.1, 0.15) is 15.9 Å². The van der Waals surface area contributed by atoms with Crippen LogP contribution in [0.5, 0.6) is 0 Å². The first-order valence-corrected chi connectivity index (χ1v) is 4.60. The summed E-state index contributed by atoms with van der Waals surface area (Å²) in [4.78, 5) is 11.6. The molecule has 3 aliphatic rings. The third-order valence-corrected chi connectivity index (χ3v) is 2.62. The molecule has 0 heterocycles. The molecule has 3 rings (SSSR count). The largest absolute Gasteiger partial charge is 0.289 e. The monoisotopic (exact) mass is 180 g/mol. The van der Waals surface area contributed by atoms with Crippen molar-refractivity contribution in [2.75, 3.05) is 0 Å². The zero-order valence-electron chi connectivity index (χ0n) is 7.53. The maximum absolute atomic E-state index is 11.6. The van der Waals surface area contributed by atoms with E-state index in [4.69, 9.17) is 0 Å². The van der Waals surface area contributed by atoms with Crippen LogP contribution in [0.4, 0.5) is 0 Å². The van der Waals surface area contributed by atoms with Gasteiger partial charge in [0.2, 0.25) is 0 Å². The average molecular weight is 180 g/mol. The van der Waals surface area contributed by atoms with Crippen LogP contribution in [-0.2, 0) is 0 Å². The minimum Gasteiger partial charge on any atom is -0.289 e. The second-order valence-electron chi connectivity index (χ2n) is 3.45. The number of ketones is 1. The predicted octanol–water partition coefficient (Wildman–Crippen LogP) is 3.00. The van der Waals surface area contributed by atoms with Crippen molar-refractivity contribution in [2.24, 2.45) is 0 Å². The van der Waals surface area contributed by atoms with Gasteiger partial charge < -0.3 is 0 Å². The maximum atomic E-state index is 11.6. The SMILES string of the molecule is O=C1C=Cc2cccc3cccc-3c21. The summed E-state index contributed by atoms with van der Waals surface area (Å²) in [7, 11) is 0. The first-order chi connectivity index (χ1) is 6.86. The molecule has 1 heteroatoms. The van der Waals surface area contributed by atoms with Crippen LogP contribution in [0.2, 0.25) is 0 Å². The molecule has 0 saturated heterocycles. The van der Waals surface area contributed by atoms with Crippen molar-refractivity contribution in [3.8, 4) is 11.1 Å². The third-order valence-electron chi connectivity index (χ3n) is 2.62. The van der Waals surface area contributed by atoms with Crippen molar-refractivity contribution in [3.05, 3.63) is 53.6 Å². The van der Waals surface area contributed by atoms with Gasteiger partial charge in [-0.3, -0.25) is 4.79 Å². The summed E-state index contributed by atoms with van der Waals surface area (Å²) in [6.07, 6.45) is 3.52. The van der Waals surface area contributed by atoms with Crippen LogP contribution in [0.3, 0.4) is 0 Å². The van der Waals surface area contributed by atoms with Gasteiger partial charge >= 0.3 is 0 Å². The Hall–Kier alpha value is -1.89. The summed E-state index contributed by atoms with van der Waals surface area (Å²) in [6.45, 7) is 0. The van der Waals surface area contributed by atoms with Gasteiger partial charge in [0.25, 0.3) is 0 Å². The lowest BCUT2D eigenvalue weighted by molar-refractivity contribution is 0.105. The van der Waals surface area contributed by atoms with Gasteiger partial charge in [-0.1, -0.05) is 42.5 Å². The molecule has 0 atom stereocenters. The van der Waals surface area contributed by atoms with E-state index < -0.39 is 0 Å². The van der Waals surface area contributed by atoms with Gasteiger partial charge in [0, 0.05) is 5.56 Å². The molecular weight excluding hydrogens is 172 g/mol. The number of hydrogen-bond acceptors (Lipinski definition) is 1. The van der Waals surface area contributed by atoms with Crippen LogP contribution < -0.4 is 0 Å². The molecule has 0 aliphatic heterocycles. The molecule has 0 fully saturated rings. The molecule has 0 amide bonds. The van der Waals surface area contributed by atoms with Gasteiger partial charge in [0.05, 0.1) is 0 Å². The second-order valence-corrected chi connectivity index (χ2v) is 3.45. The third kappa shape index (κ3) is 0.867. The highest BCUT2D eigenvalue weighted by Gasteiger charge is 2.18. The van der Waals surface area contributed by atoms with Crippen molar-refractivity contribution >= 4 is 11.9 Å². The number of carbonyl (C=O) groups excluding carboxylic acids is 1. The number of allylic oxidation sites excluding steroid dienone is 1. The molecule has 0 aromatic carbocycles. The first kappa shape index (κ1) is 7.51. The van der Waals surface area contributed by atoms with E-state index in [2.05, 4.69) is 0 Å². The fourth-order valence-electron chi connectivity index (χ4n) is 1.96. The second kappa shape index (κ2) is 2.55. The van der Waals surface area contributed by atoms with Crippen molar-refractivity contribution in [3.63, 3.8) is 0 Å². The standard InChI is InChI=1S/C13H8O/c14-12-8-7-10-5-1-3-9-4-2-6-11(9)13(10)12/h1-8H. The van der Waals surface area contributed by atoms with Gasteiger partial charge in [-0.15, -0.1) is 0 Å². The molecule has 0 bridgehead atoms. The Labute approximate surface area is 82.0 Å². The lowest BCUT2D eigenvalue weighted by Gasteiger charge is -1.98. The molecule has 0 radical (unpaired) electrons. The Bertz CT molecular complexity index is 523. The average Bonchev–Trinajstić information content (AvgIpc) is 2.71. The van der Waals surface area contributed by atoms with Crippen LogP contribution in [0, 0.1) is 0 Å². The molecule has 0 aromatic heterocycles. The fourth-order valence-corrected chi connectivity index (χ4v) is 1.96. The minimum atomic E-state index is 0.118. The molecule has 0 N–H and O–H groups in total. The summed E-state index contributed by atoms with van der Waals surface area (Å²) in [5, 5.41) is 0. The van der Waals surface area contributed by atoms with Gasteiger partial charge in [-0.05, 0) is 22.8 Å². The molecule has 0 saturated carbocycles. The van der Waals surface area contributed by atoms with Crippen LogP contribution in [-0.4, -0.2) is 5.78 Å². The highest BCUT2D eigenvalue weighted by molar-refractivity contribution is 6.17. The van der Waals surface area contributed by atoms with E-state index in [1.54, 1.807) is 6.08 Å². The van der Waals surface area contributed by atoms with E-state index >= 15 is 0 Å². The lowest BCUT2D eigenvalue weighted by Crippen LogP contribution is -1.91. The van der Waals surface area contributed by atoms with Crippen molar-refractivity contribution in [2.45, 2.75) is 0 Å². The Morgan fingerprint density at radius 3 is 2.50 bits per heavy atom. The van der Waals surface area contributed by atoms with E-state index in [1.165, 1.54) is 0 Å². The number of rotatable bonds is 0. The highest BCUT2D eigenvalue weighted by atomic mass is 16.1. The van der Waals surface area contributed by atoms with Crippen LogP contribution in [0.25, 0.3) is 17.2 Å². The maximum Gasteiger partial charge on any atom is 0.187 e. The van der Waals surface area contributed by atoms with E-state index in [0.29, 0.717) is 0 Å². The Balaban J connectivity index is 2.45.